The van der Waals surface area contributed by atoms with E-state index in [1.807, 2.05) is 0 Å². The minimum atomic E-state index is -1.34. The van der Waals surface area contributed by atoms with E-state index in [0.717, 1.165) is 32.1 Å². The predicted octanol–water partition coefficient (Wildman–Crippen LogP) is 3.86. The Morgan fingerprint density at radius 1 is 1.03 bits per heavy atom. The Balaban J connectivity index is 1.39. The van der Waals surface area contributed by atoms with Crippen LogP contribution in [0.15, 0.2) is 0 Å². The molecule has 1 aliphatic heterocycles. The first-order chi connectivity index (χ1) is 13.6. The highest BCUT2D eigenvalue weighted by Gasteiger charge is 2.70. The molecule has 3 unspecified atom stereocenters. The molecule has 5 heteroatoms. The molecule has 162 valence electrons. The van der Waals surface area contributed by atoms with Gasteiger partial charge in [-0.05, 0) is 92.8 Å². The average molecular weight is 405 g/mol. The number of esters is 2. The molecule has 4 saturated carbocycles. The first-order valence-electron chi connectivity index (χ1n) is 11.7. The largest absolute Gasteiger partial charge is 0.463 e. The van der Waals surface area contributed by atoms with Crippen LogP contribution in [0.25, 0.3) is 0 Å². The lowest BCUT2D eigenvalue weighted by Gasteiger charge is -2.61. The fraction of sp³-hybridized carbons (Fsp3) is 0.917. The van der Waals surface area contributed by atoms with Gasteiger partial charge in [0.15, 0.2) is 5.60 Å². The van der Waals surface area contributed by atoms with E-state index in [9.17, 15) is 14.7 Å². The van der Waals surface area contributed by atoms with Crippen LogP contribution in [0.5, 0.6) is 0 Å². The summed E-state index contributed by atoms with van der Waals surface area (Å²) in [5.74, 6) is 1.86. The van der Waals surface area contributed by atoms with Gasteiger partial charge >= 0.3 is 11.9 Å². The molecular weight excluding hydrogens is 368 g/mol. The second kappa shape index (κ2) is 6.21. The number of carbonyl (C=O) groups is 2. The third kappa shape index (κ3) is 2.61. The van der Waals surface area contributed by atoms with Crippen molar-refractivity contribution in [1.29, 1.82) is 0 Å². The Bertz CT molecular complexity index is 731. The van der Waals surface area contributed by atoms with E-state index in [1.165, 1.54) is 26.2 Å². The molecular formula is C24H36O5. The van der Waals surface area contributed by atoms with Gasteiger partial charge in [-0.25, -0.2) is 4.79 Å². The zero-order valence-corrected chi connectivity index (χ0v) is 18.3. The van der Waals surface area contributed by atoms with Crippen molar-refractivity contribution in [2.24, 2.45) is 40.4 Å². The standard InChI is InChI=1S/C24H36O5/c1-13(25)28-15-7-9-22(2)14(11-15)5-6-16-17(22)8-10-23(3)18(16)12-19-20(23)24(4,27)21(26)29-19/h14-20,27H,5-12H2,1-4H3/t14-,15?,16+,17-,18-,19?,20?,22-,23-,24+/m0/s1. The Morgan fingerprint density at radius 3 is 2.48 bits per heavy atom. The van der Waals surface area contributed by atoms with Gasteiger partial charge in [0, 0.05) is 12.8 Å². The molecule has 0 radical (unpaired) electrons. The average Bonchev–Trinajstić information content (AvgIpc) is 3.05. The van der Waals surface area contributed by atoms with Crippen LogP contribution in [0.1, 0.15) is 79.1 Å². The number of rotatable bonds is 1. The van der Waals surface area contributed by atoms with Gasteiger partial charge in [-0.1, -0.05) is 13.8 Å². The van der Waals surface area contributed by atoms with Crippen molar-refractivity contribution in [3.8, 4) is 0 Å². The van der Waals surface area contributed by atoms with E-state index in [4.69, 9.17) is 9.47 Å². The topological polar surface area (TPSA) is 72.8 Å². The van der Waals surface area contributed by atoms with Crippen molar-refractivity contribution >= 4 is 11.9 Å². The molecule has 0 amide bonds. The summed E-state index contributed by atoms with van der Waals surface area (Å²) in [6, 6.07) is 0. The molecule has 0 bridgehead atoms. The number of aliphatic hydroxyl groups is 1. The molecule has 0 aromatic carbocycles. The minimum absolute atomic E-state index is 0.0143. The first-order valence-corrected chi connectivity index (χ1v) is 11.7. The monoisotopic (exact) mass is 404 g/mol. The van der Waals surface area contributed by atoms with Crippen LogP contribution in [0.2, 0.25) is 0 Å². The summed E-state index contributed by atoms with van der Waals surface area (Å²) in [5.41, 5.74) is -1.04. The van der Waals surface area contributed by atoms with Crippen LogP contribution in [0.4, 0.5) is 0 Å². The van der Waals surface area contributed by atoms with E-state index in [0.29, 0.717) is 29.1 Å². The summed E-state index contributed by atoms with van der Waals surface area (Å²) < 4.78 is 11.3. The van der Waals surface area contributed by atoms with Gasteiger partial charge < -0.3 is 14.6 Å². The van der Waals surface area contributed by atoms with Crippen molar-refractivity contribution in [2.45, 2.75) is 96.9 Å². The van der Waals surface area contributed by atoms with E-state index in [-0.39, 0.29) is 29.5 Å². The molecule has 0 aromatic rings. The summed E-state index contributed by atoms with van der Waals surface area (Å²) in [6.07, 6.45) is 8.70. The second-order valence-electron chi connectivity index (χ2n) is 11.5. The molecule has 29 heavy (non-hydrogen) atoms. The number of ether oxygens (including phenoxy) is 2. The maximum Gasteiger partial charge on any atom is 0.338 e. The van der Waals surface area contributed by atoms with Gasteiger partial charge in [-0.2, -0.15) is 0 Å². The Kier molecular flexibility index (Phi) is 4.25. The highest BCUT2D eigenvalue weighted by Crippen LogP contribution is 2.70. The number of fused-ring (bicyclic) bond motifs is 7. The van der Waals surface area contributed by atoms with Gasteiger partial charge in [0.1, 0.15) is 12.2 Å². The predicted molar refractivity (Wildman–Crippen MR) is 107 cm³/mol. The van der Waals surface area contributed by atoms with Gasteiger partial charge in [-0.3, -0.25) is 4.79 Å². The lowest BCUT2D eigenvalue weighted by atomic mass is 9.44. The van der Waals surface area contributed by atoms with E-state index >= 15 is 0 Å². The zero-order valence-electron chi connectivity index (χ0n) is 18.3. The molecule has 0 aromatic heterocycles. The number of hydrogen-bond acceptors (Lipinski definition) is 5. The third-order valence-corrected chi connectivity index (χ3v) is 10.2. The summed E-state index contributed by atoms with van der Waals surface area (Å²) in [7, 11) is 0. The van der Waals surface area contributed by atoms with E-state index in [2.05, 4.69) is 13.8 Å². The lowest BCUT2D eigenvalue weighted by molar-refractivity contribution is -0.168. The van der Waals surface area contributed by atoms with Crippen molar-refractivity contribution < 1.29 is 24.2 Å². The molecule has 0 spiro atoms. The van der Waals surface area contributed by atoms with Crippen LogP contribution >= 0.6 is 0 Å². The van der Waals surface area contributed by atoms with Gasteiger partial charge in [-0.15, -0.1) is 0 Å². The maximum atomic E-state index is 12.2. The van der Waals surface area contributed by atoms with Crippen molar-refractivity contribution in [1.82, 2.24) is 0 Å². The zero-order chi connectivity index (χ0) is 20.8. The summed E-state index contributed by atoms with van der Waals surface area (Å²) in [5, 5.41) is 11.0. The van der Waals surface area contributed by atoms with Crippen LogP contribution in [-0.4, -0.2) is 34.9 Å². The van der Waals surface area contributed by atoms with Crippen LogP contribution < -0.4 is 0 Å². The molecule has 1 heterocycles. The molecule has 5 fully saturated rings. The van der Waals surface area contributed by atoms with Crippen molar-refractivity contribution in [3.05, 3.63) is 0 Å². The molecule has 5 nitrogen and oxygen atoms in total. The first kappa shape index (κ1) is 19.8. The van der Waals surface area contributed by atoms with E-state index < -0.39 is 11.6 Å². The molecule has 1 saturated heterocycles. The SMILES string of the molecule is CC(=O)OC1CC[C@@]2(C)[C@@H](CC[C@@H]3[C@@H]2CC[C@]2(C)C4C(C[C@@H]32)OC(=O)[C@]4(C)O)C1. The Hall–Kier alpha value is -1.10. The number of carbonyl (C=O) groups excluding carboxylic acids is 2. The van der Waals surface area contributed by atoms with E-state index in [1.54, 1.807) is 6.92 Å². The van der Waals surface area contributed by atoms with Gasteiger partial charge in [0.05, 0.1) is 0 Å². The molecule has 5 rings (SSSR count). The highest BCUT2D eigenvalue weighted by atomic mass is 16.6. The van der Waals surface area contributed by atoms with Gasteiger partial charge in [0.25, 0.3) is 0 Å². The molecule has 1 N–H and O–H groups in total. The third-order valence-electron chi connectivity index (χ3n) is 10.2. The van der Waals surface area contributed by atoms with Crippen LogP contribution in [0.3, 0.4) is 0 Å². The Morgan fingerprint density at radius 2 is 1.76 bits per heavy atom. The highest BCUT2D eigenvalue weighted by molar-refractivity contribution is 5.82. The Labute approximate surface area is 173 Å². The summed E-state index contributed by atoms with van der Waals surface area (Å²) in [6.45, 7) is 8.01. The minimum Gasteiger partial charge on any atom is -0.463 e. The van der Waals surface area contributed by atoms with Crippen molar-refractivity contribution in [2.75, 3.05) is 0 Å². The smallest absolute Gasteiger partial charge is 0.338 e. The quantitative estimate of drug-likeness (QED) is 0.672. The lowest BCUT2D eigenvalue weighted by Crippen LogP contribution is -2.56. The van der Waals surface area contributed by atoms with Crippen LogP contribution in [-0.2, 0) is 19.1 Å². The molecule has 4 aliphatic carbocycles. The van der Waals surface area contributed by atoms with Crippen LogP contribution in [0, 0.1) is 40.4 Å². The second-order valence-corrected chi connectivity index (χ2v) is 11.5. The number of hydrogen-bond donors (Lipinski definition) is 1. The maximum absolute atomic E-state index is 12.2. The summed E-state index contributed by atoms with van der Waals surface area (Å²) >= 11 is 0. The molecule has 10 atom stereocenters. The molecule has 5 aliphatic rings. The summed E-state index contributed by atoms with van der Waals surface area (Å²) in [4.78, 5) is 23.7. The van der Waals surface area contributed by atoms with Crippen molar-refractivity contribution in [3.63, 3.8) is 0 Å². The van der Waals surface area contributed by atoms with Gasteiger partial charge in [0.2, 0.25) is 0 Å². The fourth-order valence-corrected chi connectivity index (χ4v) is 9.05. The fourth-order valence-electron chi connectivity index (χ4n) is 9.05. The normalized spacial score (nSPS) is 55.9.